The molecule has 3 heterocycles. The number of carbonyl (C=O) groups is 1. The fourth-order valence-corrected chi connectivity index (χ4v) is 5.52. The van der Waals surface area contributed by atoms with Gasteiger partial charge < -0.3 is 15.0 Å². The number of halogens is 2. The lowest BCUT2D eigenvalue weighted by Crippen LogP contribution is -2.37. The molecule has 0 spiro atoms. The van der Waals surface area contributed by atoms with Gasteiger partial charge in [-0.2, -0.15) is 0 Å². The highest BCUT2D eigenvalue weighted by Gasteiger charge is 2.24. The molecular weight excluding hydrogens is 482 g/mol. The molecule has 2 aliphatic rings. The standard InChI is InChI=1S/C27H36F2N4O2S/c1-19-30-23(17-36-19)8-9-25(34)31-22-6-3-20(4-7-22)11-14-33-15-12-21-5-10-26(32-24(21)13-16-33)35-18-27(2,28)29/h5,8-10,17,20,22H,3-4,6-7,11-16,18H2,1-2H3,(H,31,34)/b9-8+. The Morgan fingerprint density at radius 2 is 2.00 bits per heavy atom. The first kappa shape index (κ1) is 26.7. The summed E-state index contributed by atoms with van der Waals surface area (Å²) in [7, 11) is 0. The number of nitrogens with one attached hydrogen (secondary N) is 1. The van der Waals surface area contributed by atoms with Crippen LogP contribution in [0.25, 0.3) is 6.08 Å². The number of ether oxygens (including phenoxy) is 1. The average Bonchev–Trinajstić information content (AvgIpc) is 3.15. The third-order valence-electron chi connectivity index (χ3n) is 6.97. The molecule has 1 fully saturated rings. The highest BCUT2D eigenvalue weighted by molar-refractivity contribution is 7.09. The Hall–Kier alpha value is -2.39. The van der Waals surface area contributed by atoms with Gasteiger partial charge >= 0.3 is 0 Å². The predicted molar refractivity (Wildman–Crippen MR) is 139 cm³/mol. The molecule has 1 N–H and O–H groups in total. The van der Waals surface area contributed by atoms with Crippen LogP contribution in [0.3, 0.4) is 0 Å². The first-order valence-corrected chi connectivity index (χ1v) is 13.7. The quantitative estimate of drug-likeness (QED) is 0.470. The summed E-state index contributed by atoms with van der Waals surface area (Å²) in [5.74, 6) is -1.94. The summed E-state index contributed by atoms with van der Waals surface area (Å²) in [6, 6.07) is 3.92. The van der Waals surface area contributed by atoms with E-state index in [2.05, 4.69) is 20.2 Å². The SMILES string of the molecule is Cc1nc(/C=C/C(=O)NC2CCC(CCN3CCc4ccc(OCC(C)(F)F)nc4CC3)CC2)cs1. The van der Waals surface area contributed by atoms with Crippen LogP contribution in [-0.2, 0) is 17.6 Å². The first-order chi connectivity index (χ1) is 17.2. The van der Waals surface area contributed by atoms with E-state index < -0.39 is 12.5 Å². The Morgan fingerprint density at radius 3 is 2.72 bits per heavy atom. The number of aromatic nitrogens is 2. The number of alkyl halides is 2. The van der Waals surface area contributed by atoms with E-state index in [-0.39, 0.29) is 17.8 Å². The van der Waals surface area contributed by atoms with Crippen molar-refractivity contribution in [3.05, 3.63) is 45.5 Å². The topological polar surface area (TPSA) is 67.4 Å². The van der Waals surface area contributed by atoms with Crippen LogP contribution in [0.5, 0.6) is 5.88 Å². The molecule has 2 aromatic rings. The number of pyridine rings is 1. The van der Waals surface area contributed by atoms with Gasteiger partial charge in [-0.15, -0.1) is 11.3 Å². The number of carbonyl (C=O) groups excluding carboxylic acids is 1. The molecular formula is C27H36F2N4O2S. The van der Waals surface area contributed by atoms with E-state index >= 15 is 0 Å². The molecule has 4 rings (SSSR count). The minimum Gasteiger partial charge on any atom is -0.471 e. The van der Waals surface area contributed by atoms with Crippen LogP contribution in [0, 0.1) is 12.8 Å². The van der Waals surface area contributed by atoms with Crippen LogP contribution in [-0.4, -0.2) is 59.0 Å². The van der Waals surface area contributed by atoms with E-state index in [1.807, 2.05) is 18.4 Å². The van der Waals surface area contributed by atoms with Gasteiger partial charge in [0, 0.05) is 55.7 Å². The lowest BCUT2D eigenvalue weighted by molar-refractivity contribution is -0.117. The van der Waals surface area contributed by atoms with E-state index in [1.165, 1.54) is 5.56 Å². The van der Waals surface area contributed by atoms with Crippen molar-refractivity contribution in [2.45, 2.75) is 70.8 Å². The number of nitrogens with zero attached hydrogens (tertiary/aromatic N) is 3. The number of thiazole rings is 1. The summed E-state index contributed by atoms with van der Waals surface area (Å²) in [6.07, 6.45) is 10.6. The van der Waals surface area contributed by atoms with Crippen LogP contribution in [0.15, 0.2) is 23.6 Å². The third kappa shape index (κ3) is 8.34. The van der Waals surface area contributed by atoms with Gasteiger partial charge in [0.05, 0.1) is 10.7 Å². The average molecular weight is 519 g/mol. The summed E-state index contributed by atoms with van der Waals surface area (Å²) in [6.45, 7) is 5.11. The van der Waals surface area contributed by atoms with Crippen molar-refractivity contribution in [1.29, 1.82) is 0 Å². The van der Waals surface area contributed by atoms with Crippen molar-refractivity contribution in [3.63, 3.8) is 0 Å². The maximum Gasteiger partial charge on any atom is 0.278 e. The maximum atomic E-state index is 13.1. The van der Waals surface area contributed by atoms with Crippen molar-refractivity contribution in [3.8, 4) is 5.88 Å². The number of aryl methyl sites for hydroxylation is 1. The minimum atomic E-state index is -2.87. The van der Waals surface area contributed by atoms with Gasteiger partial charge in [0.25, 0.3) is 5.92 Å². The molecule has 196 valence electrons. The van der Waals surface area contributed by atoms with Crippen LogP contribution < -0.4 is 10.1 Å². The summed E-state index contributed by atoms with van der Waals surface area (Å²) in [4.78, 5) is 23.6. The molecule has 0 unspecified atom stereocenters. The zero-order chi connectivity index (χ0) is 25.5. The van der Waals surface area contributed by atoms with E-state index in [0.29, 0.717) is 5.92 Å². The van der Waals surface area contributed by atoms with Crippen molar-refractivity contribution >= 4 is 23.3 Å². The second-order valence-corrected chi connectivity index (χ2v) is 11.2. The van der Waals surface area contributed by atoms with Crippen molar-refractivity contribution in [2.75, 3.05) is 26.2 Å². The van der Waals surface area contributed by atoms with Crippen molar-refractivity contribution in [1.82, 2.24) is 20.2 Å². The van der Waals surface area contributed by atoms with Gasteiger partial charge in [0.1, 0.15) is 0 Å². The number of hydrogen-bond donors (Lipinski definition) is 1. The highest BCUT2D eigenvalue weighted by atomic mass is 32.1. The normalized spacial score (nSPS) is 21.2. The molecule has 0 aromatic carbocycles. The summed E-state index contributed by atoms with van der Waals surface area (Å²) >= 11 is 1.58. The molecule has 1 aliphatic carbocycles. The van der Waals surface area contributed by atoms with Crippen molar-refractivity contribution in [2.24, 2.45) is 5.92 Å². The lowest BCUT2D eigenvalue weighted by Gasteiger charge is -2.30. The molecule has 2 aromatic heterocycles. The Labute approximate surface area is 216 Å². The highest BCUT2D eigenvalue weighted by Crippen LogP contribution is 2.28. The van der Waals surface area contributed by atoms with Crippen molar-refractivity contribution < 1.29 is 18.3 Å². The zero-order valence-corrected chi connectivity index (χ0v) is 22.0. The lowest BCUT2D eigenvalue weighted by atomic mass is 9.84. The van der Waals surface area contributed by atoms with E-state index in [4.69, 9.17) is 4.74 Å². The Bertz CT molecular complexity index is 1040. The van der Waals surface area contributed by atoms with Gasteiger partial charge in [-0.25, -0.2) is 18.7 Å². The van der Waals surface area contributed by atoms with Crippen LogP contribution >= 0.6 is 11.3 Å². The fourth-order valence-electron chi connectivity index (χ4n) is 4.94. The minimum absolute atomic E-state index is 0.0428. The third-order valence-corrected chi connectivity index (χ3v) is 7.76. The van der Waals surface area contributed by atoms with E-state index in [0.717, 1.165) is 87.9 Å². The Kier molecular flexibility index (Phi) is 9.06. The fraction of sp³-hybridized carbons (Fsp3) is 0.593. The maximum absolute atomic E-state index is 13.1. The molecule has 0 bridgehead atoms. The molecule has 9 heteroatoms. The molecule has 1 aliphatic heterocycles. The molecule has 0 atom stereocenters. The molecule has 0 radical (unpaired) electrons. The largest absolute Gasteiger partial charge is 0.471 e. The Morgan fingerprint density at radius 1 is 1.22 bits per heavy atom. The monoisotopic (exact) mass is 518 g/mol. The van der Waals surface area contributed by atoms with Gasteiger partial charge in [-0.1, -0.05) is 6.07 Å². The summed E-state index contributed by atoms with van der Waals surface area (Å²) < 4.78 is 31.4. The molecule has 0 saturated heterocycles. The Balaban J connectivity index is 1.15. The first-order valence-electron chi connectivity index (χ1n) is 12.9. The number of amides is 1. The van der Waals surface area contributed by atoms with Gasteiger partial charge in [-0.05, 0) is 69.6 Å². The molecule has 1 saturated carbocycles. The molecule has 1 amide bonds. The summed E-state index contributed by atoms with van der Waals surface area (Å²) in [5, 5.41) is 6.09. The second kappa shape index (κ2) is 12.2. The number of rotatable bonds is 9. The van der Waals surface area contributed by atoms with Gasteiger partial charge in [-0.3, -0.25) is 4.79 Å². The summed E-state index contributed by atoms with van der Waals surface area (Å²) in [5.41, 5.74) is 2.98. The smallest absolute Gasteiger partial charge is 0.278 e. The number of hydrogen-bond acceptors (Lipinski definition) is 6. The van der Waals surface area contributed by atoms with Crippen LogP contribution in [0.4, 0.5) is 8.78 Å². The van der Waals surface area contributed by atoms with Crippen LogP contribution in [0.1, 0.15) is 61.0 Å². The van der Waals surface area contributed by atoms with Gasteiger partial charge in [0.2, 0.25) is 11.8 Å². The van der Waals surface area contributed by atoms with Gasteiger partial charge in [0.15, 0.2) is 6.61 Å². The van der Waals surface area contributed by atoms with E-state index in [9.17, 15) is 13.6 Å². The number of fused-ring (bicyclic) bond motifs is 1. The second-order valence-electron chi connectivity index (χ2n) is 10.1. The van der Waals surface area contributed by atoms with Crippen LogP contribution in [0.2, 0.25) is 0 Å². The zero-order valence-electron chi connectivity index (χ0n) is 21.1. The molecule has 6 nitrogen and oxygen atoms in total. The molecule has 36 heavy (non-hydrogen) atoms. The predicted octanol–water partition coefficient (Wildman–Crippen LogP) is 5.06. The van der Waals surface area contributed by atoms with E-state index in [1.54, 1.807) is 29.6 Å².